The minimum absolute atomic E-state index is 0.0428. The van der Waals surface area contributed by atoms with Crippen LogP contribution in [0.15, 0.2) is 24.3 Å². The van der Waals surface area contributed by atoms with E-state index in [0.29, 0.717) is 6.42 Å². The van der Waals surface area contributed by atoms with Crippen molar-refractivity contribution in [2.75, 3.05) is 11.9 Å². The van der Waals surface area contributed by atoms with Gasteiger partial charge < -0.3 is 16.4 Å². The lowest BCUT2D eigenvalue weighted by Crippen LogP contribution is -2.48. The Morgan fingerprint density at radius 2 is 2.05 bits per heavy atom. The molecule has 21 heavy (non-hydrogen) atoms. The fourth-order valence-corrected chi connectivity index (χ4v) is 2.44. The second kappa shape index (κ2) is 5.76. The van der Waals surface area contributed by atoms with Gasteiger partial charge in [0, 0.05) is 18.3 Å². The van der Waals surface area contributed by atoms with E-state index in [0.717, 1.165) is 11.3 Å². The zero-order chi connectivity index (χ0) is 15.6. The Kier molecular flexibility index (Phi) is 4.21. The summed E-state index contributed by atoms with van der Waals surface area (Å²) in [6.45, 7) is 5.71. The van der Waals surface area contributed by atoms with Crippen LogP contribution in [0.2, 0.25) is 0 Å². The third-order valence-corrected chi connectivity index (χ3v) is 4.15. The summed E-state index contributed by atoms with van der Waals surface area (Å²) in [7, 11) is 0. The molecule has 1 aliphatic rings. The van der Waals surface area contributed by atoms with Gasteiger partial charge in [0.15, 0.2) is 0 Å². The molecule has 0 radical (unpaired) electrons. The molecule has 4 N–H and O–H groups in total. The topological polar surface area (TPSA) is 84.2 Å². The summed E-state index contributed by atoms with van der Waals surface area (Å²) in [5.41, 5.74) is 6.82. The molecule has 0 aromatic heterocycles. The number of benzene rings is 1. The van der Waals surface area contributed by atoms with Gasteiger partial charge in [0.25, 0.3) is 0 Å². The predicted molar refractivity (Wildman–Crippen MR) is 82.7 cm³/mol. The summed E-state index contributed by atoms with van der Waals surface area (Å²) >= 11 is 0. The number of hydrogen-bond acceptors (Lipinski definition) is 3. The van der Waals surface area contributed by atoms with Crippen molar-refractivity contribution < 1.29 is 9.59 Å². The minimum Gasteiger partial charge on any atom is -0.382 e. The number of anilines is 1. The van der Waals surface area contributed by atoms with E-state index >= 15 is 0 Å². The number of carbonyl (C=O) groups excluding carboxylic acids is 2. The number of para-hydroxylation sites is 1. The zero-order valence-electron chi connectivity index (χ0n) is 12.8. The monoisotopic (exact) mass is 289 g/mol. The van der Waals surface area contributed by atoms with Crippen molar-refractivity contribution in [2.24, 2.45) is 17.1 Å². The van der Waals surface area contributed by atoms with Crippen LogP contribution in [0.25, 0.3) is 0 Å². The Bertz CT molecular complexity index is 554. The van der Waals surface area contributed by atoms with E-state index in [-0.39, 0.29) is 24.4 Å². The summed E-state index contributed by atoms with van der Waals surface area (Å²) in [6.07, 6.45) is 0.702. The maximum absolute atomic E-state index is 12.4. The molecule has 1 aromatic carbocycles. The molecule has 2 unspecified atom stereocenters. The third kappa shape index (κ3) is 3.35. The van der Waals surface area contributed by atoms with Crippen molar-refractivity contribution in [1.82, 2.24) is 5.32 Å². The normalized spacial score (nSPS) is 21.1. The molecule has 1 heterocycles. The van der Waals surface area contributed by atoms with E-state index < -0.39 is 11.3 Å². The maximum atomic E-state index is 12.4. The van der Waals surface area contributed by atoms with E-state index in [1.807, 2.05) is 31.2 Å². The predicted octanol–water partition coefficient (Wildman–Crippen LogP) is 1.29. The summed E-state index contributed by atoms with van der Waals surface area (Å²) in [6, 6.07) is 8.06. The molecule has 0 saturated carbocycles. The number of hydrogen-bond donors (Lipinski definition) is 3. The van der Waals surface area contributed by atoms with Gasteiger partial charge in [0.05, 0.1) is 11.3 Å². The summed E-state index contributed by atoms with van der Waals surface area (Å²) in [4.78, 5) is 23.7. The standard InChI is InChI=1S/C16H23N3O2/c1-10-12(8-11-6-4-5-7-13(11)19-10)14(20)18-9-16(2,3)15(17)21/h4-7,10,12,19H,8-9H2,1-3H3,(H2,17,21)(H,18,20). The molecule has 0 aliphatic carbocycles. The van der Waals surface area contributed by atoms with E-state index in [2.05, 4.69) is 10.6 Å². The maximum Gasteiger partial charge on any atom is 0.225 e. The van der Waals surface area contributed by atoms with E-state index in [4.69, 9.17) is 5.73 Å². The summed E-state index contributed by atoms with van der Waals surface area (Å²) < 4.78 is 0. The molecule has 2 rings (SSSR count). The Hall–Kier alpha value is -2.04. The molecule has 5 heteroatoms. The number of rotatable bonds is 4. The highest BCUT2D eigenvalue weighted by Crippen LogP contribution is 2.28. The third-order valence-electron chi connectivity index (χ3n) is 4.15. The Morgan fingerprint density at radius 3 is 2.71 bits per heavy atom. The lowest BCUT2D eigenvalue weighted by molar-refractivity contribution is -0.128. The molecule has 1 aromatic rings. The van der Waals surface area contributed by atoms with Gasteiger partial charge in [0.1, 0.15) is 0 Å². The molecule has 2 atom stereocenters. The molecule has 0 bridgehead atoms. The molecule has 0 saturated heterocycles. The highest BCUT2D eigenvalue weighted by molar-refractivity contribution is 5.84. The van der Waals surface area contributed by atoms with E-state index in [1.54, 1.807) is 13.8 Å². The van der Waals surface area contributed by atoms with Crippen LogP contribution in [0, 0.1) is 11.3 Å². The molecule has 114 valence electrons. The largest absolute Gasteiger partial charge is 0.382 e. The first-order valence-corrected chi connectivity index (χ1v) is 7.23. The number of carbonyl (C=O) groups is 2. The average molecular weight is 289 g/mol. The Morgan fingerprint density at radius 1 is 1.38 bits per heavy atom. The lowest BCUT2D eigenvalue weighted by atomic mass is 9.86. The molecule has 0 fully saturated rings. The number of amides is 2. The average Bonchev–Trinajstić information content (AvgIpc) is 2.44. The van der Waals surface area contributed by atoms with Gasteiger partial charge in [-0.2, -0.15) is 0 Å². The van der Waals surface area contributed by atoms with Crippen LogP contribution < -0.4 is 16.4 Å². The van der Waals surface area contributed by atoms with Gasteiger partial charge in [-0.1, -0.05) is 18.2 Å². The van der Waals surface area contributed by atoms with Crippen molar-refractivity contribution in [3.63, 3.8) is 0 Å². The molecular weight excluding hydrogens is 266 g/mol. The Balaban J connectivity index is 2.02. The van der Waals surface area contributed by atoms with Crippen molar-refractivity contribution >= 4 is 17.5 Å². The minimum atomic E-state index is -0.737. The smallest absolute Gasteiger partial charge is 0.225 e. The van der Waals surface area contributed by atoms with Crippen molar-refractivity contribution in [3.8, 4) is 0 Å². The SMILES string of the molecule is CC1Nc2ccccc2CC1C(=O)NCC(C)(C)C(N)=O. The van der Waals surface area contributed by atoms with Gasteiger partial charge in [-0.15, -0.1) is 0 Å². The number of nitrogens with one attached hydrogen (secondary N) is 2. The first-order valence-electron chi connectivity index (χ1n) is 7.23. The number of nitrogens with two attached hydrogens (primary N) is 1. The second-order valence-electron chi connectivity index (χ2n) is 6.37. The van der Waals surface area contributed by atoms with Gasteiger partial charge in [-0.3, -0.25) is 9.59 Å². The van der Waals surface area contributed by atoms with Crippen LogP contribution in [0.1, 0.15) is 26.3 Å². The molecule has 1 aliphatic heterocycles. The van der Waals surface area contributed by atoms with Gasteiger partial charge >= 0.3 is 0 Å². The summed E-state index contributed by atoms with van der Waals surface area (Å²) in [5, 5.41) is 6.21. The first kappa shape index (κ1) is 15.4. The van der Waals surface area contributed by atoms with Crippen molar-refractivity contribution in [2.45, 2.75) is 33.2 Å². The van der Waals surface area contributed by atoms with E-state index in [9.17, 15) is 9.59 Å². The molecule has 0 spiro atoms. The van der Waals surface area contributed by atoms with Gasteiger partial charge in [-0.25, -0.2) is 0 Å². The van der Waals surface area contributed by atoms with Crippen molar-refractivity contribution in [3.05, 3.63) is 29.8 Å². The fraction of sp³-hybridized carbons (Fsp3) is 0.500. The number of fused-ring (bicyclic) bond motifs is 1. The number of primary amides is 1. The van der Waals surface area contributed by atoms with Crippen molar-refractivity contribution in [1.29, 1.82) is 0 Å². The molecule has 2 amide bonds. The van der Waals surface area contributed by atoms with Crippen LogP contribution in [-0.2, 0) is 16.0 Å². The quantitative estimate of drug-likeness (QED) is 0.781. The van der Waals surface area contributed by atoms with Crippen LogP contribution in [0.5, 0.6) is 0 Å². The molecule has 5 nitrogen and oxygen atoms in total. The van der Waals surface area contributed by atoms with Crippen LogP contribution in [0.3, 0.4) is 0 Å². The lowest BCUT2D eigenvalue weighted by Gasteiger charge is -2.32. The molecular formula is C16H23N3O2. The van der Waals surface area contributed by atoms with Gasteiger partial charge in [0.2, 0.25) is 11.8 Å². The van der Waals surface area contributed by atoms with Gasteiger partial charge in [-0.05, 0) is 38.8 Å². The second-order valence-corrected chi connectivity index (χ2v) is 6.37. The van der Waals surface area contributed by atoms with Crippen LogP contribution >= 0.6 is 0 Å². The highest BCUT2D eigenvalue weighted by Gasteiger charge is 2.32. The van der Waals surface area contributed by atoms with E-state index in [1.165, 1.54) is 0 Å². The fourth-order valence-electron chi connectivity index (χ4n) is 2.44. The zero-order valence-corrected chi connectivity index (χ0v) is 12.8. The summed E-state index contributed by atoms with van der Waals surface area (Å²) in [5.74, 6) is -0.606. The van der Waals surface area contributed by atoms with Crippen LogP contribution in [-0.4, -0.2) is 24.4 Å². The Labute approximate surface area is 125 Å². The highest BCUT2D eigenvalue weighted by atomic mass is 16.2. The first-order chi connectivity index (χ1) is 9.81. The van der Waals surface area contributed by atoms with Crippen LogP contribution in [0.4, 0.5) is 5.69 Å².